The Morgan fingerprint density at radius 1 is 1.26 bits per heavy atom. The SMILES string of the molecule is C=CC(=O)OCC1CCCC12S(=O)(=O)CCS2(=O)=O. The van der Waals surface area contributed by atoms with Crippen molar-refractivity contribution in [2.45, 2.75) is 23.3 Å². The third-order valence-electron chi connectivity index (χ3n) is 3.97. The van der Waals surface area contributed by atoms with E-state index < -0.39 is 35.6 Å². The molecule has 0 aromatic rings. The molecule has 0 amide bonds. The van der Waals surface area contributed by atoms with Gasteiger partial charge in [-0.25, -0.2) is 21.6 Å². The van der Waals surface area contributed by atoms with E-state index in [2.05, 4.69) is 6.58 Å². The molecule has 0 aromatic heterocycles. The molecule has 19 heavy (non-hydrogen) atoms. The van der Waals surface area contributed by atoms with E-state index in [1.54, 1.807) is 0 Å². The van der Waals surface area contributed by atoms with Crippen molar-refractivity contribution in [1.82, 2.24) is 0 Å². The van der Waals surface area contributed by atoms with Gasteiger partial charge in [0, 0.05) is 12.0 Å². The van der Waals surface area contributed by atoms with Crippen molar-refractivity contribution in [1.29, 1.82) is 0 Å². The summed E-state index contributed by atoms with van der Waals surface area (Å²) >= 11 is 0. The van der Waals surface area contributed by atoms with Crippen molar-refractivity contribution < 1.29 is 26.4 Å². The Balaban J connectivity index is 2.35. The summed E-state index contributed by atoms with van der Waals surface area (Å²) in [6.45, 7) is 3.05. The molecule has 2 rings (SSSR count). The minimum atomic E-state index is -3.70. The summed E-state index contributed by atoms with van der Waals surface area (Å²) in [7, 11) is -7.41. The molecule has 1 atom stereocenters. The number of ether oxygens (including phenoxy) is 1. The van der Waals surface area contributed by atoms with Crippen molar-refractivity contribution in [3.05, 3.63) is 12.7 Å². The molecule has 2 aliphatic rings. The van der Waals surface area contributed by atoms with Gasteiger partial charge in [0.25, 0.3) is 0 Å². The van der Waals surface area contributed by atoms with Gasteiger partial charge in [-0.15, -0.1) is 0 Å². The maximum Gasteiger partial charge on any atom is 0.330 e. The predicted octanol–water partition coefficient (Wildman–Crippen LogP) is 0.0552. The fourth-order valence-electron chi connectivity index (χ4n) is 3.05. The third kappa shape index (κ3) is 2.01. The minimum absolute atomic E-state index is 0.105. The zero-order valence-electron chi connectivity index (χ0n) is 10.4. The molecule has 6 nitrogen and oxygen atoms in total. The first kappa shape index (κ1) is 14.5. The molecule has 0 radical (unpaired) electrons. The highest BCUT2D eigenvalue weighted by Crippen LogP contribution is 2.50. The molecule has 1 spiro atoms. The summed E-state index contributed by atoms with van der Waals surface area (Å²) < 4.78 is 51.9. The second kappa shape index (κ2) is 4.59. The van der Waals surface area contributed by atoms with Crippen LogP contribution in [0.1, 0.15) is 19.3 Å². The van der Waals surface area contributed by atoms with E-state index in [0.29, 0.717) is 12.8 Å². The lowest BCUT2D eigenvalue weighted by atomic mass is 10.1. The van der Waals surface area contributed by atoms with Crippen LogP contribution in [0.3, 0.4) is 0 Å². The monoisotopic (exact) mass is 308 g/mol. The van der Waals surface area contributed by atoms with Gasteiger partial charge in [-0.05, 0) is 12.8 Å². The molecule has 8 heteroatoms. The highest BCUT2D eigenvalue weighted by molar-refractivity contribution is 8.13. The minimum Gasteiger partial charge on any atom is -0.462 e. The Hall–Kier alpha value is -0.890. The van der Waals surface area contributed by atoms with Crippen LogP contribution in [0.2, 0.25) is 0 Å². The summed E-state index contributed by atoms with van der Waals surface area (Å²) in [6.07, 6.45) is 2.02. The largest absolute Gasteiger partial charge is 0.462 e. The van der Waals surface area contributed by atoms with Crippen LogP contribution in [0.25, 0.3) is 0 Å². The third-order valence-corrected chi connectivity index (χ3v) is 10.4. The number of hydrogen-bond donors (Lipinski definition) is 0. The van der Waals surface area contributed by atoms with Crippen molar-refractivity contribution in [3.63, 3.8) is 0 Å². The van der Waals surface area contributed by atoms with E-state index in [9.17, 15) is 21.6 Å². The zero-order valence-corrected chi connectivity index (χ0v) is 12.0. The summed E-state index contributed by atoms with van der Waals surface area (Å²) in [6, 6.07) is 0. The molecule has 1 heterocycles. The van der Waals surface area contributed by atoms with E-state index in [0.717, 1.165) is 6.08 Å². The van der Waals surface area contributed by atoms with Gasteiger partial charge in [0.15, 0.2) is 23.8 Å². The van der Waals surface area contributed by atoms with Crippen LogP contribution >= 0.6 is 0 Å². The molecule has 1 aliphatic heterocycles. The van der Waals surface area contributed by atoms with Crippen molar-refractivity contribution in [2.24, 2.45) is 5.92 Å². The summed E-state index contributed by atoms with van der Waals surface area (Å²) in [4.78, 5) is 11.1. The number of hydrogen-bond acceptors (Lipinski definition) is 6. The smallest absolute Gasteiger partial charge is 0.330 e. The highest BCUT2D eigenvalue weighted by Gasteiger charge is 2.65. The van der Waals surface area contributed by atoms with Crippen LogP contribution in [0, 0.1) is 5.92 Å². The van der Waals surface area contributed by atoms with E-state index in [-0.39, 0.29) is 24.5 Å². The molecule has 0 bridgehead atoms. The van der Waals surface area contributed by atoms with Gasteiger partial charge in [0.1, 0.15) is 0 Å². The Labute approximate surface area is 112 Å². The number of carbonyl (C=O) groups is 1. The molecular weight excluding hydrogens is 292 g/mol. The number of rotatable bonds is 3. The molecule has 2 fully saturated rings. The van der Waals surface area contributed by atoms with Gasteiger partial charge >= 0.3 is 5.97 Å². The molecule has 0 N–H and O–H groups in total. The quantitative estimate of drug-likeness (QED) is 0.540. The summed E-state index contributed by atoms with van der Waals surface area (Å²) in [5.74, 6) is -2.01. The maximum absolute atomic E-state index is 12.2. The summed E-state index contributed by atoms with van der Waals surface area (Å²) in [5, 5.41) is 0. The van der Waals surface area contributed by atoms with E-state index in [4.69, 9.17) is 4.74 Å². The highest BCUT2D eigenvalue weighted by atomic mass is 32.3. The fourth-order valence-corrected chi connectivity index (χ4v) is 9.84. The van der Waals surface area contributed by atoms with E-state index in [1.165, 1.54) is 0 Å². The van der Waals surface area contributed by atoms with Gasteiger partial charge in [-0.1, -0.05) is 13.0 Å². The second-order valence-corrected chi connectivity index (χ2v) is 9.86. The van der Waals surface area contributed by atoms with Crippen molar-refractivity contribution in [2.75, 3.05) is 18.1 Å². The maximum atomic E-state index is 12.2. The lowest BCUT2D eigenvalue weighted by molar-refractivity contribution is -0.139. The van der Waals surface area contributed by atoms with Crippen LogP contribution in [-0.4, -0.2) is 45.0 Å². The van der Waals surface area contributed by atoms with Crippen LogP contribution in [-0.2, 0) is 29.2 Å². The Bertz CT molecular complexity index is 567. The molecule has 1 saturated heterocycles. The summed E-state index contributed by atoms with van der Waals surface area (Å²) in [5.41, 5.74) is 0. The van der Waals surface area contributed by atoms with Crippen LogP contribution in [0.4, 0.5) is 0 Å². The average molecular weight is 308 g/mol. The lowest BCUT2D eigenvalue weighted by Gasteiger charge is -2.28. The normalized spacial score (nSPS) is 30.2. The Morgan fingerprint density at radius 3 is 2.37 bits per heavy atom. The molecule has 0 aromatic carbocycles. The van der Waals surface area contributed by atoms with Gasteiger partial charge in [-0.3, -0.25) is 0 Å². The first-order valence-electron chi connectivity index (χ1n) is 6.00. The standard InChI is InChI=1S/C11H16O6S2/c1-2-10(12)17-8-9-4-3-5-11(9)18(13,14)6-7-19(11,15)16/h2,9H,1,3-8H2. The molecular formula is C11H16O6S2. The van der Waals surface area contributed by atoms with Crippen LogP contribution < -0.4 is 0 Å². The second-order valence-electron chi connectivity index (χ2n) is 4.87. The molecule has 1 unspecified atom stereocenters. The Morgan fingerprint density at radius 2 is 1.84 bits per heavy atom. The van der Waals surface area contributed by atoms with Gasteiger partial charge in [-0.2, -0.15) is 0 Å². The predicted molar refractivity (Wildman–Crippen MR) is 68.8 cm³/mol. The van der Waals surface area contributed by atoms with E-state index in [1.807, 2.05) is 0 Å². The van der Waals surface area contributed by atoms with Crippen molar-refractivity contribution >= 4 is 25.6 Å². The van der Waals surface area contributed by atoms with Crippen molar-refractivity contribution in [3.8, 4) is 0 Å². The zero-order chi connectivity index (χ0) is 14.3. The first-order valence-corrected chi connectivity index (χ1v) is 9.31. The van der Waals surface area contributed by atoms with Crippen LogP contribution in [0.15, 0.2) is 12.7 Å². The molecule has 108 valence electrons. The van der Waals surface area contributed by atoms with E-state index >= 15 is 0 Å². The number of esters is 1. The average Bonchev–Trinajstić information content (AvgIpc) is 2.85. The topological polar surface area (TPSA) is 94.6 Å². The number of sulfone groups is 2. The number of carbonyl (C=O) groups excluding carboxylic acids is 1. The fraction of sp³-hybridized carbons (Fsp3) is 0.727. The Kier molecular flexibility index (Phi) is 3.51. The van der Waals surface area contributed by atoms with Gasteiger partial charge in [0.05, 0.1) is 18.1 Å². The van der Waals surface area contributed by atoms with Gasteiger partial charge in [0.2, 0.25) is 0 Å². The first-order chi connectivity index (χ1) is 8.77. The molecule has 1 saturated carbocycles. The van der Waals surface area contributed by atoms with Crippen LogP contribution in [0.5, 0.6) is 0 Å². The lowest BCUT2D eigenvalue weighted by Crippen LogP contribution is -2.46. The molecule has 1 aliphatic carbocycles. The van der Waals surface area contributed by atoms with Gasteiger partial charge < -0.3 is 4.74 Å².